The summed E-state index contributed by atoms with van der Waals surface area (Å²) >= 11 is 3.47. The minimum atomic E-state index is 0.487. The highest BCUT2D eigenvalue weighted by Gasteiger charge is 2.48. The number of nitrogens with one attached hydrogen (secondary N) is 1. The summed E-state index contributed by atoms with van der Waals surface area (Å²) in [6, 6.07) is 8.34. The second kappa shape index (κ2) is 4.13. The molecular formula is C13H16BrNO. The summed E-state index contributed by atoms with van der Waals surface area (Å²) < 4.78 is 7.03. The molecule has 1 aromatic carbocycles. The standard InChI is InChI=1S/C13H16BrNO/c14-11-3-1-2-10(4-11)7-16-12-5-13(6-12)8-15-9-13/h1-4,12,15H,5-9H2. The van der Waals surface area contributed by atoms with Crippen LogP contribution in [0.4, 0.5) is 0 Å². The van der Waals surface area contributed by atoms with Crippen LogP contribution in [0.3, 0.4) is 0 Å². The Morgan fingerprint density at radius 2 is 2.19 bits per heavy atom. The molecule has 0 radical (unpaired) electrons. The van der Waals surface area contributed by atoms with Gasteiger partial charge in [0.15, 0.2) is 0 Å². The Labute approximate surface area is 105 Å². The molecule has 1 aromatic rings. The number of ether oxygens (including phenoxy) is 1. The Bertz CT molecular complexity index is 381. The molecule has 1 aliphatic heterocycles. The Balaban J connectivity index is 1.47. The smallest absolute Gasteiger partial charge is 0.0721 e. The van der Waals surface area contributed by atoms with Crippen LogP contribution in [-0.4, -0.2) is 19.2 Å². The molecule has 1 saturated heterocycles. The van der Waals surface area contributed by atoms with Crippen LogP contribution in [0.5, 0.6) is 0 Å². The van der Waals surface area contributed by atoms with Gasteiger partial charge < -0.3 is 10.1 Å². The molecule has 0 amide bonds. The lowest BCUT2D eigenvalue weighted by molar-refractivity contribution is -0.109. The fourth-order valence-electron chi connectivity index (χ4n) is 2.63. The topological polar surface area (TPSA) is 21.3 Å². The fourth-order valence-corrected chi connectivity index (χ4v) is 3.08. The third-order valence-electron chi connectivity index (χ3n) is 3.70. The number of halogens is 1. The minimum absolute atomic E-state index is 0.487. The van der Waals surface area contributed by atoms with Crippen molar-refractivity contribution in [1.82, 2.24) is 5.32 Å². The first-order valence-corrected chi connectivity index (χ1v) is 6.62. The summed E-state index contributed by atoms with van der Waals surface area (Å²) in [5.74, 6) is 0. The van der Waals surface area contributed by atoms with Crippen LogP contribution in [0.2, 0.25) is 0 Å². The summed E-state index contributed by atoms with van der Waals surface area (Å²) in [4.78, 5) is 0. The van der Waals surface area contributed by atoms with E-state index >= 15 is 0 Å². The zero-order valence-corrected chi connectivity index (χ0v) is 10.8. The highest BCUT2D eigenvalue weighted by atomic mass is 79.9. The molecule has 1 aliphatic carbocycles. The highest BCUT2D eigenvalue weighted by molar-refractivity contribution is 9.10. The van der Waals surface area contributed by atoms with Gasteiger partial charge in [0.05, 0.1) is 12.7 Å². The van der Waals surface area contributed by atoms with Gasteiger partial charge in [0.25, 0.3) is 0 Å². The maximum absolute atomic E-state index is 5.90. The van der Waals surface area contributed by atoms with Crippen molar-refractivity contribution in [3.8, 4) is 0 Å². The molecule has 0 bridgehead atoms. The van der Waals surface area contributed by atoms with E-state index in [0.29, 0.717) is 11.5 Å². The lowest BCUT2D eigenvalue weighted by Crippen LogP contribution is -2.62. The Morgan fingerprint density at radius 3 is 2.81 bits per heavy atom. The fraction of sp³-hybridized carbons (Fsp3) is 0.538. The van der Waals surface area contributed by atoms with Crippen molar-refractivity contribution in [2.45, 2.75) is 25.6 Å². The van der Waals surface area contributed by atoms with Gasteiger partial charge in [-0.25, -0.2) is 0 Å². The lowest BCUT2D eigenvalue weighted by Gasteiger charge is -2.54. The van der Waals surface area contributed by atoms with Crippen molar-refractivity contribution >= 4 is 15.9 Å². The normalized spacial score (nSPS) is 22.8. The van der Waals surface area contributed by atoms with Gasteiger partial charge in [-0.2, -0.15) is 0 Å². The van der Waals surface area contributed by atoms with Gasteiger partial charge in [0.2, 0.25) is 0 Å². The molecule has 1 N–H and O–H groups in total. The molecular weight excluding hydrogens is 266 g/mol. The van der Waals surface area contributed by atoms with Crippen molar-refractivity contribution in [3.05, 3.63) is 34.3 Å². The highest BCUT2D eigenvalue weighted by Crippen LogP contribution is 2.45. The maximum Gasteiger partial charge on any atom is 0.0721 e. The molecule has 1 saturated carbocycles. The van der Waals surface area contributed by atoms with Crippen LogP contribution in [0.25, 0.3) is 0 Å². The molecule has 0 aromatic heterocycles. The van der Waals surface area contributed by atoms with E-state index in [9.17, 15) is 0 Å². The summed E-state index contributed by atoms with van der Waals surface area (Å²) in [6.07, 6.45) is 2.98. The second-order valence-corrected chi connectivity index (χ2v) is 5.99. The van der Waals surface area contributed by atoms with Gasteiger partial charge in [0, 0.05) is 23.0 Å². The molecule has 86 valence electrons. The van der Waals surface area contributed by atoms with Gasteiger partial charge in [-0.15, -0.1) is 0 Å². The van der Waals surface area contributed by atoms with E-state index in [-0.39, 0.29) is 0 Å². The van der Waals surface area contributed by atoms with Crippen LogP contribution in [0.1, 0.15) is 18.4 Å². The molecule has 2 nitrogen and oxygen atoms in total. The van der Waals surface area contributed by atoms with Gasteiger partial charge in [-0.3, -0.25) is 0 Å². The SMILES string of the molecule is Brc1cccc(COC2CC3(CNC3)C2)c1. The monoisotopic (exact) mass is 281 g/mol. The summed E-state index contributed by atoms with van der Waals surface area (Å²) in [5, 5.41) is 3.34. The summed E-state index contributed by atoms with van der Waals surface area (Å²) in [5.41, 5.74) is 1.86. The first-order chi connectivity index (χ1) is 7.76. The first kappa shape index (κ1) is 10.8. The summed E-state index contributed by atoms with van der Waals surface area (Å²) in [6.45, 7) is 3.14. The van der Waals surface area contributed by atoms with Crippen molar-refractivity contribution in [3.63, 3.8) is 0 Å². The van der Waals surface area contributed by atoms with Crippen LogP contribution in [-0.2, 0) is 11.3 Å². The third-order valence-corrected chi connectivity index (χ3v) is 4.19. The van der Waals surface area contributed by atoms with E-state index < -0.39 is 0 Å². The predicted molar refractivity (Wildman–Crippen MR) is 67.3 cm³/mol. The molecule has 0 atom stereocenters. The Morgan fingerprint density at radius 1 is 1.38 bits per heavy atom. The molecule has 1 heterocycles. The van der Waals surface area contributed by atoms with Gasteiger partial charge >= 0.3 is 0 Å². The number of benzene rings is 1. The number of hydrogen-bond acceptors (Lipinski definition) is 2. The van der Waals surface area contributed by atoms with E-state index in [1.807, 2.05) is 6.07 Å². The van der Waals surface area contributed by atoms with Crippen LogP contribution >= 0.6 is 15.9 Å². The van der Waals surface area contributed by atoms with E-state index in [4.69, 9.17) is 4.74 Å². The van der Waals surface area contributed by atoms with Gasteiger partial charge in [-0.05, 0) is 30.5 Å². The summed E-state index contributed by atoms with van der Waals surface area (Å²) in [7, 11) is 0. The van der Waals surface area contributed by atoms with Gasteiger partial charge in [-0.1, -0.05) is 28.1 Å². The van der Waals surface area contributed by atoms with Crippen molar-refractivity contribution in [2.75, 3.05) is 13.1 Å². The van der Waals surface area contributed by atoms with Crippen LogP contribution < -0.4 is 5.32 Å². The largest absolute Gasteiger partial charge is 0.373 e. The third kappa shape index (κ3) is 2.04. The predicted octanol–water partition coefficient (Wildman–Crippen LogP) is 2.72. The van der Waals surface area contributed by atoms with E-state index in [2.05, 4.69) is 39.4 Å². The maximum atomic E-state index is 5.90. The lowest BCUT2D eigenvalue weighted by atomic mass is 9.63. The average Bonchev–Trinajstić information content (AvgIpc) is 2.13. The minimum Gasteiger partial charge on any atom is -0.373 e. The van der Waals surface area contributed by atoms with E-state index in [0.717, 1.165) is 11.1 Å². The molecule has 0 unspecified atom stereocenters. The molecule has 2 aliphatic rings. The van der Waals surface area contributed by atoms with Crippen LogP contribution in [0, 0.1) is 5.41 Å². The molecule has 16 heavy (non-hydrogen) atoms. The van der Waals surface area contributed by atoms with Crippen molar-refractivity contribution < 1.29 is 4.74 Å². The van der Waals surface area contributed by atoms with Crippen molar-refractivity contribution in [2.24, 2.45) is 5.41 Å². The molecule has 3 heteroatoms. The zero-order chi connectivity index (χ0) is 11.0. The average molecular weight is 282 g/mol. The Kier molecular flexibility index (Phi) is 2.78. The van der Waals surface area contributed by atoms with Gasteiger partial charge in [0.1, 0.15) is 0 Å². The van der Waals surface area contributed by atoms with E-state index in [1.54, 1.807) is 0 Å². The zero-order valence-electron chi connectivity index (χ0n) is 9.21. The number of hydrogen-bond donors (Lipinski definition) is 1. The first-order valence-electron chi connectivity index (χ1n) is 5.83. The molecule has 3 rings (SSSR count). The van der Waals surface area contributed by atoms with E-state index in [1.165, 1.54) is 31.5 Å². The van der Waals surface area contributed by atoms with Crippen LogP contribution in [0.15, 0.2) is 28.7 Å². The van der Waals surface area contributed by atoms with Crippen molar-refractivity contribution in [1.29, 1.82) is 0 Å². The Hall–Kier alpha value is -0.380. The molecule has 2 fully saturated rings. The second-order valence-electron chi connectivity index (χ2n) is 5.07. The number of rotatable bonds is 3. The molecule has 1 spiro atoms. The quantitative estimate of drug-likeness (QED) is 0.920.